The van der Waals surface area contributed by atoms with Crippen LogP contribution in [0.5, 0.6) is 0 Å². The highest BCUT2D eigenvalue weighted by Gasteiger charge is 2.37. The molecule has 0 spiro atoms. The van der Waals surface area contributed by atoms with Crippen molar-refractivity contribution in [3.63, 3.8) is 0 Å². The van der Waals surface area contributed by atoms with Crippen LogP contribution in [0.2, 0.25) is 0 Å². The lowest BCUT2D eigenvalue weighted by molar-refractivity contribution is -0.0552. The Kier molecular flexibility index (Phi) is 23.7. The van der Waals surface area contributed by atoms with E-state index in [2.05, 4.69) is 18.7 Å². The van der Waals surface area contributed by atoms with Gasteiger partial charge in [0.1, 0.15) is 17.5 Å². The van der Waals surface area contributed by atoms with Gasteiger partial charge < -0.3 is 20.0 Å². The number of nitrogens with zero attached hydrogens (tertiary/aromatic N) is 4. The molecule has 1 aliphatic carbocycles. The molecule has 2 N–H and O–H groups in total. The minimum absolute atomic E-state index is 0.0547. The fourth-order valence-corrected chi connectivity index (χ4v) is 9.09. The van der Waals surface area contributed by atoms with Gasteiger partial charge in [0, 0.05) is 73.6 Å². The van der Waals surface area contributed by atoms with E-state index < -0.39 is 52.6 Å². The summed E-state index contributed by atoms with van der Waals surface area (Å²) in [5, 5.41) is 19.8. The molecule has 3 atom stereocenters. The van der Waals surface area contributed by atoms with Crippen LogP contribution in [0.1, 0.15) is 177 Å². The number of rotatable bonds is 16. The predicted octanol–water partition coefficient (Wildman–Crippen LogP) is 12.9. The lowest BCUT2D eigenvalue weighted by Gasteiger charge is -2.31. The number of likely N-dealkylation sites (tertiary alicyclic amines) is 1. The van der Waals surface area contributed by atoms with Gasteiger partial charge in [-0.15, -0.1) is 0 Å². The average molecular weight is 993 g/mol. The van der Waals surface area contributed by atoms with E-state index in [1.165, 1.54) is 25.0 Å². The van der Waals surface area contributed by atoms with Gasteiger partial charge in [-0.25, -0.2) is 36.3 Å². The summed E-state index contributed by atoms with van der Waals surface area (Å²) in [4.78, 5) is 27.0. The zero-order valence-electron chi connectivity index (χ0n) is 42.4. The first-order valence-corrected chi connectivity index (χ1v) is 26.3. The quantitative estimate of drug-likeness (QED) is 0.0494. The van der Waals surface area contributed by atoms with Crippen LogP contribution in [-0.2, 0) is 30.5 Å². The Bertz CT molecular complexity index is 2330. The predicted molar refractivity (Wildman–Crippen MR) is 266 cm³/mol. The Hall–Kier alpha value is -3.99. The van der Waals surface area contributed by atoms with Gasteiger partial charge in [-0.2, -0.15) is 0 Å². The standard InChI is InChI=1S/C40H48F4N4O2.C10H19F2N.C2H6.CH4O2S/c1-7-9-27-10-11-33(24(6)34(27)36(45)22(3)4)48-38(31(23(5)8-2)18-25-16-29(41)20-30(42)17-25)47-37-35(39(48)50)28(21-49)19-32(46-37)26-12-14-40(43,44)15-13-26;1-2-3-4-7-13-8-5-10(11,12)6-9-13;1-2;1-4(2)3/h10-11,16-17,19-20,22-23,26,31,45,49H,7-9,12-15,18,21H2,1-6H3;2-9H2,1H3;1-2H3;1H3,(H,2,3)/p-1. The summed E-state index contributed by atoms with van der Waals surface area (Å²) >= 11 is -1.86. The number of nitrogens with one attached hydrogen (secondary N) is 1. The van der Waals surface area contributed by atoms with E-state index in [1.54, 1.807) is 10.6 Å². The number of hydrogen-bond donors (Lipinski definition) is 2. The molecule has 0 bridgehead atoms. The van der Waals surface area contributed by atoms with Crippen LogP contribution in [-0.4, -0.2) is 76.7 Å². The summed E-state index contributed by atoms with van der Waals surface area (Å²) < 4.78 is 102. The minimum Gasteiger partial charge on any atom is -0.773 e. The number of aromatic nitrogens is 3. The van der Waals surface area contributed by atoms with Gasteiger partial charge in [-0.3, -0.25) is 13.6 Å². The molecular formula is C53H76F6N5O4S-. The molecule has 6 rings (SSSR count). The molecule has 0 amide bonds. The molecule has 69 heavy (non-hydrogen) atoms. The molecule has 4 aromatic rings. The van der Waals surface area contributed by atoms with Crippen molar-refractivity contribution < 1.29 is 40.2 Å². The van der Waals surface area contributed by atoms with E-state index in [9.17, 15) is 36.2 Å². The van der Waals surface area contributed by atoms with Crippen LogP contribution in [0.15, 0.2) is 41.2 Å². The lowest BCUT2D eigenvalue weighted by atomic mass is 9.84. The molecule has 2 fully saturated rings. The van der Waals surface area contributed by atoms with E-state index in [-0.39, 0.29) is 73.7 Å². The van der Waals surface area contributed by atoms with Crippen LogP contribution in [0.4, 0.5) is 26.3 Å². The van der Waals surface area contributed by atoms with Gasteiger partial charge in [0.15, 0.2) is 5.65 Å². The summed E-state index contributed by atoms with van der Waals surface area (Å²) in [6.07, 6.45) is 7.11. The maximum atomic E-state index is 15.0. The van der Waals surface area contributed by atoms with Gasteiger partial charge in [0.2, 0.25) is 5.92 Å². The highest BCUT2D eigenvalue weighted by Crippen LogP contribution is 2.41. The molecule has 9 nitrogen and oxygen atoms in total. The molecule has 2 aromatic heterocycles. The Labute approximate surface area is 408 Å². The third-order valence-electron chi connectivity index (χ3n) is 13.1. The molecule has 1 aliphatic heterocycles. The highest BCUT2D eigenvalue weighted by atomic mass is 32.2. The van der Waals surface area contributed by atoms with Gasteiger partial charge in [0.25, 0.3) is 11.5 Å². The third-order valence-corrected chi connectivity index (χ3v) is 13.1. The average Bonchev–Trinajstić information content (AvgIpc) is 3.29. The minimum atomic E-state index is -2.73. The fourth-order valence-electron chi connectivity index (χ4n) is 9.09. The summed E-state index contributed by atoms with van der Waals surface area (Å²) in [5.74, 6) is -7.16. The van der Waals surface area contributed by atoms with Crippen LogP contribution >= 0.6 is 0 Å². The van der Waals surface area contributed by atoms with E-state index in [1.807, 2.05) is 60.6 Å². The Balaban J connectivity index is 0.000000557. The molecule has 1 saturated carbocycles. The Morgan fingerprint density at radius 1 is 0.899 bits per heavy atom. The van der Waals surface area contributed by atoms with Crippen molar-refractivity contribution in [1.29, 1.82) is 5.41 Å². The highest BCUT2D eigenvalue weighted by molar-refractivity contribution is 7.78. The molecule has 3 heterocycles. The number of aryl methyl sites for hydroxylation is 1. The van der Waals surface area contributed by atoms with E-state index in [4.69, 9.17) is 24.1 Å². The second-order valence-electron chi connectivity index (χ2n) is 18.6. The monoisotopic (exact) mass is 993 g/mol. The largest absolute Gasteiger partial charge is 0.773 e. The molecule has 1 saturated heterocycles. The first kappa shape index (κ1) is 59.3. The number of alkyl halides is 4. The third kappa shape index (κ3) is 16.8. The Morgan fingerprint density at radius 2 is 1.48 bits per heavy atom. The second kappa shape index (κ2) is 27.6. The van der Waals surface area contributed by atoms with Crippen molar-refractivity contribution in [1.82, 2.24) is 19.4 Å². The number of piperidine rings is 1. The molecule has 386 valence electrons. The summed E-state index contributed by atoms with van der Waals surface area (Å²) in [6, 6.07) is 8.85. The van der Waals surface area contributed by atoms with E-state index in [0.29, 0.717) is 53.6 Å². The first-order valence-electron chi connectivity index (χ1n) is 24.8. The number of aliphatic hydroxyl groups is 1. The zero-order valence-corrected chi connectivity index (χ0v) is 43.2. The second-order valence-corrected chi connectivity index (χ2v) is 19.4. The summed E-state index contributed by atoms with van der Waals surface area (Å²) in [5.41, 5.74) is 4.36. The van der Waals surface area contributed by atoms with Crippen molar-refractivity contribution >= 4 is 27.8 Å². The number of unbranched alkanes of at least 4 members (excludes halogenated alkanes) is 2. The van der Waals surface area contributed by atoms with Crippen molar-refractivity contribution in [3.05, 3.63) is 97.7 Å². The normalized spacial score (nSPS) is 17.1. The van der Waals surface area contributed by atoms with Crippen LogP contribution in [0.3, 0.4) is 0 Å². The van der Waals surface area contributed by atoms with Gasteiger partial charge in [-0.1, -0.05) is 98.2 Å². The number of benzene rings is 2. The first-order chi connectivity index (χ1) is 32.6. The van der Waals surface area contributed by atoms with Crippen LogP contribution in [0.25, 0.3) is 16.7 Å². The molecule has 3 unspecified atom stereocenters. The number of pyridine rings is 1. The maximum absolute atomic E-state index is 15.0. The molecule has 2 aromatic carbocycles. The summed E-state index contributed by atoms with van der Waals surface area (Å²) in [6.45, 7) is 19.7. The number of halogens is 6. The fraction of sp³-hybridized carbons (Fsp3) is 0.623. The van der Waals surface area contributed by atoms with Gasteiger partial charge in [0.05, 0.1) is 17.7 Å². The maximum Gasteiger partial charge on any atom is 0.268 e. The summed E-state index contributed by atoms with van der Waals surface area (Å²) in [7, 11) is 0. The van der Waals surface area contributed by atoms with Gasteiger partial charge >= 0.3 is 0 Å². The number of fused-ring (bicyclic) bond motifs is 1. The zero-order chi connectivity index (χ0) is 51.8. The topological polar surface area (TPSA) is 135 Å². The van der Waals surface area contributed by atoms with E-state index >= 15 is 0 Å². The lowest BCUT2D eigenvalue weighted by Crippen LogP contribution is -2.39. The van der Waals surface area contributed by atoms with Crippen molar-refractivity contribution in [2.24, 2.45) is 11.8 Å². The van der Waals surface area contributed by atoms with E-state index in [0.717, 1.165) is 54.8 Å². The van der Waals surface area contributed by atoms with Crippen LogP contribution < -0.4 is 5.56 Å². The SMILES string of the molecule is CC.CCCCCN1CCC(F)(F)CC1.CCCc1ccc(-n2c(C(Cc3cc(F)cc(F)c3)C(C)CC)nc3nc(C4CCC(F)(F)CC4)cc(CO)c3c2=O)c(C)c1C(=N)C(C)C.CS(=O)[O-]. The van der Waals surface area contributed by atoms with Crippen molar-refractivity contribution in [2.45, 2.75) is 176 Å². The number of hydrogen-bond acceptors (Lipinski definition) is 8. The molecular weight excluding hydrogens is 917 g/mol. The molecule has 2 aliphatic rings. The van der Waals surface area contributed by atoms with Crippen molar-refractivity contribution in [3.8, 4) is 5.69 Å². The smallest absolute Gasteiger partial charge is 0.268 e. The van der Waals surface area contributed by atoms with Crippen molar-refractivity contribution in [2.75, 3.05) is 25.9 Å². The molecule has 16 heteroatoms. The van der Waals surface area contributed by atoms with Crippen LogP contribution in [0, 0.1) is 35.8 Å². The Morgan fingerprint density at radius 3 is 2.00 bits per heavy atom. The molecule has 0 radical (unpaired) electrons. The number of aliphatic hydroxyl groups excluding tert-OH is 1. The van der Waals surface area contributed by atoms with Gasteiger partial charge in [-0.05, 0) is 110 Å².